The predicted octanol–water partition coefficient (Wildman–Crippen LogP) is 5.30. The van der Waals surface area contributed by atoms with E-state index in [4.69, 9.17) is 20.5 Å². The van der Waals surface area contributed by atoms with E-state index in [2.05, 4.69) is 4.98 Å². The largest absolute Gasteiger partial charge is 0.491 e. The number of aliphatic carboxylic acids is 2. The number of nitrogens with two attached hydrogens (primary N) is 1. The third-order valence-electron chi connectivity index (χ3n) is 8.20. The van der Waals surface area contributed by atoms with Crippen molar-refractivity contribution in [2.75, 3.05) is 23.9 Å². The third kappa shape index (κ3) is 8.54. The van der Waals surface area contributed by atoms with Gasteiger partial charge in [0.2, 0.25) is 0 Å². The van der Waals surface area contributed by atoms with E-state index in [9.17, 15) is 40.7 Å². The fraction of sp³-hybridized carbons (Fsp3) is 0.294. The Balaban J connectivity index is 0.000000755. The van der Waals surface area contributed by atoms with E-state index in [-0.39, 0.29) is 41.5 Å². The maximum absolute atomic E-state index is 14.7. The van der Waals surface area contributed by atoms with Crippen LogP contribution in [0.15, 0.2) is 84.0 Å². The van der Waals surface area contributed by atoms with Gasteiger partial charge in [-0.1, -0.05) is 37.3 Å². The van der Waals surface area contributed by atoms with Crippen LogP contribution < -0.4 is 15.6 Å². The zero-order valence-corrected chi connectivity index (χ0v) is 28.1. The number of carbonyl (C=O) groups is 3. The lowest BCUT2D eigenvalue weighted by Crippen LogP contribution is -2.47. The summed E-state index contributed by atoms with van der Waals surface area (Å²) in [6.07, 6.45) is -1.66. The number of rotatable bonds is 10. The maximum atomic E-state index is 14.7. The lowest BCUT2D eigenvalue weighted by Gasteiger charge is -2.36. The highest BCUT2D eigenvalue weighted by Gasteiger charge is 2.46. The summed E-state index contributed by atoms with van der Waals surface area (Å²) in [6, 6.07) is 15.0. The van der Waals surface area contributed by atoms with Crippen molar-refractivity contribution in [2.24, 2.45) is 11.8 Å². The number of halogens is 4. The monoisotopic (exact) mass is 734 g/mol. The molecule has 0 bridgehead atoms. The lowest BCUT2D eigenvalue weighted by atomic mass is 9.93. The van der Waals surface area contributed by atoms with Crippen LogP contribution in [-0.4, -0.2) is 71.4 Å². The van der Waals surface area contributed by atoms with Crippen LogP contribution in [0.25, 0.3) is 10.8 Å². The SMILES string of the molecule is CCOc1cc([C@H](C(=O)N2CC[C@H](C(=O)O)[C@@H]2c2ccccc2S(=O)(=O)CC)N(N)c2ccc3cnccc3c2)ccc1F.O=C(O)C(F)(F)F. The van der Waals surface area contributed by atoms with Crippen LogP contribution in [0.4, 0.5) is 23.2 Å². The van der Waals surface area contributed by atoms with Crippen LogP contribution in [0.2, 0.25) is 0 Å². The van der Waals surface area contributed by atoms with Crippen LogP contribution in [0.5, 0.6) is 5.75 Å². The summed E-state index contributed by atoms with van der Waals surface area (Å²) in [4.78, 5) is 41.5. The fourth-order valence-electron chi connectivity index (χ4n) is 5.76. The van der Waals surface area contributed by atoms with Crippen molar-refractivity contribution in [2.45, 2.75) is 43.4 Å². The average Bonchev–Trinajstić information content (AvgIpc) is 3.55. The Labute approximate surface area is 289 Å². The number of aromatic nitrogens is 1. The minimum absolute atomic E-state index is 0.0249. The molecule has 12 nitrogen and oxygen atoms in total. The van der Waals surface area contributed by atoms with E-state index in [1.54, 1.807) is 61.8 Å². The van der Waals surface area contributed by atoms with Crippen molar-refractivity contribution < 1.29 is 55.3 Å². The molecule has 3 aromatic carbocycles. The number of anilines is 1. The summed E-state index contributed by atoms with van der Waals surface area (Å²) in [5.41, 5.74) is 0.996. The van der Waals surface area contributed by atoms with Gasteiger partial charge in [-0.25, -0.2) is 23.4 Å². The number of sulfone groups is 1. The number of amides is 1. The van der Waals surface area contributed by atoms with Gasteiger partial charge in [0.05, 0.1) is 34.9 Å². The molecule has 0 radical (unpaired) electrons. The molecule has 0 aliphatic carbocycles. The third-order valence-corrected chi connectivity index (χ3v) is 10.0. The van der Waals surface area contributed by atoms with Gasteiger partial charge >= 0.3 is 18.1 Å². The number of carbonyl (C=O) groups excluding carboxylic acids is 1. The summed E-state index contributed by atoms with van der Waals surface area (Å²) in [6.45, 7) is 3.43. The minimum atomic E-state index is -5.08. The van der Waals surface area contributed by atoms with Crippen molar-refractivity contribution in [1.82, 2.24) is 9.88 Å². The van der Waals surface area contributed by atoms with Gasteiger partial charge in [0.1, 0.15) is 6.04 Å². The second-order valence-electron chi connectivity index (χ2n) is 11.3. The number of carboxylic acids is 2. The molecule has 1 fully saturated rings. The molecule has 2 heterocycles. The van der Waals surface area contributed by atoms with Crippen LogP contribution in [0.3, 0.4) is 0 Å². The molecule has 5 rings (SSSR count). The number of carboxylic acid groups (broad SMARTS) is 2. The molecule has 1 amide bonds. The van der Waals surface area contributed by atoms with Crippen molar-refractivity contribution in [3.63, 3.8) is 0 Å². The Kier molecular flexibility index (Phi) is 11.9. The number of pyridine rings is 1. The van der Waals surface area contributed by atoms with Gasteiger partial charge in [-0.2, -0.15) is 13.2 Å². The van der Waals surface area contributed by atoms with E-state index in [1.807, 2.05) is 0 Å². The van der Waals surface area contributed by atoms with Crippen LogP contribution >= 0.6 is 0 Å². The summed E-state index contributed by atoms with van der Waals surface area (Å²) in [5, 5.41) is 20.2. The Hall–Kier alpha value is -5.29. The number of hydrogen-bond acceptors (Lipinski definition) is 9. The number of ether oxygens (including phenoxy) is 1. The molecule has 0 saturated carbocycles. The molecule has 272 valence electrons. The lowest BCUT2D eigenvalue weighted by molar-refractivity contribution is -0.192. The first-order valence-electron chi connectivity index (χ1n) is 15.5. The van der Waals surface area contributed by atoms with E-state index < -0.39 is 57.7 Å². The van der Waals surface area contributed by atoms with E-state index in [0.29, 0.717) is 11.3 Å². The number of likely N-dealkylation sites (tertiary alicyclic amines) is 1. The van der Waals surface area contributed by atoms with Gasteiger partial charge in [-0.05, 0) is 66.3 Å². The van der Waals surface area contributed by atoms with Crippen molar-refractivity contribution in [3.8, 4) is 5.75 Å². The first-order valence-corrected chi connectivity index (χ1v) is 17.1. The van der Waals surface area contributed by atoms with Gasteiger partial charge in [-0.3, -0.25) is 19.6 Å². The van der Waals surface area contributed by atoms with Crippen LogP contribution in [-0.2, 0) is 24.2 Å². The Morgan fingerprint density at radius 1 is 1.04 bits per heavy atom. The van der Waals surface area contributed by atoms with Crippen molar-refractivity contribution >= 4 is 44.1 Å². The molecule has 1 saturated heterocycles. The molecule has 17 heteroatoms. The molecule has 51 heavy (non-hydrogen) atoms. The first kappa shape index (κ1) is 38.5. The number of hydrazine groups is 1. The van der Waals surface area contributed by atoms with E-state index in [1.165, 1.54) is 41.1 Å². The van der Waals surface area contributed by atoms with Crippen LogP contribution in [0.1, 0.15) is 43.5 Å². The Bertz CT molecular complexity index is 2030. The molecule has 1 aliphatic rings. The topological polar surface area (TPSA) is 180 Å². The molecular formula is C34H34F4N4O8S. The average molecular weight is 735 g/mol. The Morgan fingerprint density at radius 2 is 1.73 bits per heavy atom. The number of alkyl halides is 3. The zero-order chi connectivity index (χ0) is 37.7. The normalized spacial score (nSPS) is 16.6. The second-order valence-corrected chi connectivity index (χ2v) is 13.5. The zero-order valence-electron chi connectivity index (χ0n) is 27.2. The standard InChI is InChI=1S/C32H33FN4O6S.C2HF3O2/c1-3-43-27-18-21(10-12-26(27)33)29(37(34)23-11-9-22-19-35-15-13-20(22)17-23)31(38)36-16-14-25(32(39)40)30(36)24-7-5-6-8-28(24)44(41,42)4-2;3-2(4,5)1(6)7/h5-13,15,17-19,25,29-30H,3-4,14,16,34H2,1-2H3,(H,39,40);(H,6,7)/t25-,29+,30-;/m0./s1. The quantitative estimate of drug-likeness (QED) is 0.109. The fourth-order valence-corrected chi connectivity index (χ4v) is 6.91. The minimum Gasteiger partial charge on any atom is -0.491 e. The van der Waals surface area contributed by atoms with Crippen molar-refractivity contribution in [1.29, 1.82) is 0 Å². The first-order chi connectivity index (χ1) is 24.0. The molecular weight excluding hydrogens is 700 g/mol. The molecule has 0 spiro atoms. The number of nitrogens with zero attached hydrogens (tertiary/aromatic N) is 3. The number of benzene rings is 3. The molecule has 1 aromatic heterocycles. The summed E-state index contributed by atoms with van der Waals surface area (Å²) >= 11 is 0. The molecule has 1 aliphatic heterocycles. The molecule has 3 atom stereocenters. The van der Waals surface area contributed by atoms with Gasteiger partial charge in [0, 0.05) is 24.3 Å². The molecule has 4 aromatic rings. The smallest absolute Gasteiger partial charge is 0.490 e. The number of hydrogen-bond donors (Lipinski definition) is 3. The van der Waals surface area contributed by atoms with Gasteiger partial charge in [-0.15, -0.1) is 0 Å². The summed E-state index contributed by atoms with van der Waals surface area (Å²) < 4.78 is 78.0. The van der Waals surface area contributed by atoms with E-state index >= 15 is 0 Å². The predicted molar refractivity (Wildman–Crippen MR) is 177 cm³/mol. The Morgan fingerprint density at radius 3 is 2.35 bits per heavy atom. The molecule has 4 N–H and O–H groups in total. The summed E-state index contributed by atoms with van der Waals surface area (Å²) in [5.74, 6) is 0.274. The maximum Gasteiger partial charge on any atom is 0.490 e. The van der Waals surface area contributed by atoms with Gasteiger partial charge in [0.25, 0.3) is 5.91 Å². The number of fused-ring (bicyclic) bond motifs is 1. The highest BCUT2D eigenvalue weighted by Crippen LogP contribution is 2.43. The van der Waals surface area contributed by atoms with Crippen LogP contribution in [0, 0.1) is 11.7 Å². The second kappa shape index (κ2) is 15.7. The highest BCUT2D eigenvalue weighted by molar-refractivity contribution is 7.91. The van der Waals surface area contributed by atoms with Gasteiger partial charge in [0.15, 0.2) is 21.4 Å². The summed E-state index contributed by atoms with van der Waals surface area (Å²) in [7, 11) is -3.76. The van der Waals surface area contributed by atoms with Crippen molar-refractivity contribution in [3.05, 3.63) is 96.1 Å². The molecule has 0 unspecified atom stereocenters. The van der Waals surface area contributed by atoms with Gasteiger partial charge < -0.3 is 19.8 Å². The highest BCUT2D eigenvalue weighted by atomic mass is 32.2. The van der Waals surface area contributed by atoms with E-state index in [0.717, 1.165) is 10.8 Å².